The zero-order chi connectivity index (χ0) is 22.8. The number of likely N-dealkylation sites (N-methyl/N-ethyl adjacent to an activating group) is 1. The van der Waals surface area contributed by atoms with Crippen LogP contribution in [0.2, 0.25) is 5.02 Å². The van der Waals surface area contributed by atoms with Crippen molar-refractivity contribution in [1.82, 2.24) is 4.90 Å². The van der Waals surface area contributed by atoms with E-state index >= 15 is 0 Å². The summed E-state index contributed by atoms with van der Waals surface area (Å²) in [5.74, 6) is -0.113. The predicted molar refractivity (Wildman–Crippen MR) is 105 cm³/mol. The fourth-order valence-corrected chi connectivity index (χ4v) is 3.34. The number of carbonyl (C=O) groups excluding carboxylic acids is 1. The maximum Gasteiger partial charge on any atom is 0.417 e. The van der Waals surface area contributed by atoms with Crippen LogP contribution in [-0.2, 0) is 28.9 Å². The molecule has 0 saturated carbocycles. The molecule has 0 bridgehead atoms. The van der Waals surface area contributed by atoms with Gasteiger partial charge in [0.1, 0.15) is 5.75 Å². The predicted octanol–water partition coefficient (Wildman–Crippen LogP) is 4.20. The van der Waals surface area contributed by atoms with Gasteiger partial charge in [-0.15, -0.1) is 0 Å². The standard InChI is InChI=1S/C19H17ClF3N3O5/c1-25(7-11-4-14(26(28)29)5-12-9-30-10-31-18(11)12)8-17(27)24-13-2-3-16(20)15(6-13)19(21,22)23/h2-6H,7-10H2,1H3,(H,24,27). The van der Waals surface area contributed by atoms with Crippen LogP contribution in [-0.4, -0.2) is 36.1 Å². The Labute approximate surface area is 179 Å². The summed E-state index contributed by atoms with van der Waals surface area (Å²) in [6.45, 7) is 0.107. The number of hydrogen-bond donors (Lipinski definition) is 1. The summed E-state index contributed by atoms with van der Waals surface area (Å²) in [5.41, 5.74) is -0.226. The third-order valence-corrected chi connectivity index (χ3v) is 4.72. The van der Waals surface area contributed by atoms with Crippen molar-refractivity contribution >= 4 is 28.9 Å². The molecule has 0 atom stereocenters. The van der Waals surface area contributed by atoms with Crippen molar-refractivity contribution in [2.24, 2.45) is 0 Å². The Balaban J connectivity index is 1.70. The van der Waals surface area contributed by atoms with Gasteiger partial charge in [0.15, 0.2) is 6.79 Å². The molecule has 0 spiro atoms. The van der Waals surface area contributed by atoms with E-state index in [2.05, 4.69) is 5.32 Å². The molecule has 1 amide bonds. The number of amides is 1. The van der Waals surface area contributed by atoms with Crippen LogP contribution in [0.25, 0.3) is 0 Å². The summed E-state index contributed by atoms with van der Waals surface area (Å²) in [5, 5.41) is 13.1. The maximum atomic E-state index is 13.0. The number of carbonyl (C=O) groups is 1. The highest BCUT2D eigenvalue weighted by atomic mass is 35.5. The summed E-state index contributed by atoms with van der Waals surface area (Å²) in [6.07, 6.45) is -4.65. The third-order valence-electron chi connectivity index (χ3n) is 4.39. The number of rotatable bonds is 6. The molecule has 2 aromatic carbocycles. The van der Waals surface area contributed by atoms with Crippen molar-refractivity contribution in [3.8, 4) is 5.75 Å². The molecule has 0 unspecified atom stereocenters. The van der Waals surface area contributed by atoms with Gasteiger partial charge in [0.25, 0.3) is 5.69 Å². The van der Waals surface area contributed by atoms with Crippen molar-refractivity contribution in [1.29, 1.82) is 0 Å². The van der Waals surface area contributed by atoms with Gasteiger partial charge in [0.05, 0.1) is 28.7 Å². The average molecular weight is 460 g/mol. The van der Waals surface area contributed by atoms with Crippen LogP contribution in [0.4, 0.5) is 24.5 Å². The number of benzene rings is 2. The number of ether oxygens (including phenoxy) is 2. The second-order valence-electron chi connectivity index (χ2n) is 6.87. The van der Waals surface area contributed by atoms with Gasteiger partial charge in [-0.2, -0.15) is 13.2 Å². The Morgan fingerprint density at radius 1 is 1.32 bits per heavy atom. The molecule has 0 aromatic heterocycles. The van der Waals surface area contributed by atoms with E-state index in [-0.39, 0.29) is 37.9 Å². The number of fused-ring (bicyclic) bond motifs is 1. The first-order valence-electron chi connectivity index (χ1n) is 8.90. The molecule has 0 saturated heterocycles. The number of nitrogens with zero attached hydrogens (tertiary/aromatic N) is 2. The molecule has 2 aromatic rings. The second-order valence-corrected chi connectivity index (χ2v) is 7.28. The Bertz CT molecular complexity index is 1020. The molecule has 12 heteroatoms. The molecule has 0 aliphatic carbocycles. The molecule has 0 fully saturated rings. The fraction of sp³-hybridized carbons (Fsp3) is 0.316. The smallest absolute Gasteiger partial charge is 0.417 e. The van der Waals surface area contributed by atoms with E-state index in [1.807, 2.05) is 0 Å². The van der Waals surface area contributed by atoms with Crippen molar-refractivity contribution in [3.63, 3.8) is 0 Å². The van der Waals surface area contributed by atoms with Crippen molar-refractivity contribution in [2.75, 3.05) is 25.7 Å². The summed E-state index contributed by atoms with van der Waals surface area (Å²) >= 11 is 5.58. The van der Waals surface area contributed by atoms with E-state index in [9.17, 15) is 28.1 Å². The Morgan fingerprint density at radius 3 is 2.74 bits per heavy atom. The van der Waals surface area contributed by atoms with Gasteiger partial charge >= 0.3 is 6.18 Å². The van der Waals surface area contributed by atoms with Crippen LogP contribution in [0.15, 0.2) is 30.3 Å². The summed E-state index contributed by atoms with van der Waals surface area (Å²) in [4.78, 5) is 24.5. The van der Waals surface area contributed by atoms with Crippen LogP contribution >= 0.6 is 11.6 Å². The highest BCUT2D eigenvalue weighted by Crippen LogP contribution is 2.36. The molecule has 1 aliphatic rings. The van der Waals surface area contributed by atoms with E-state index in [1.165, 1.54) is 18.2 Å². The molecule has 1 N–H and O–H groups in total. The first-order chi connectivity index (χ1) is 14.5. The molecule has 1 aliphatic heterocycles. The second kappa shape index (κ2) is 9.08. The Kier molecular flexibility index (Phi) is 6.68. The van der Waals surface area contributed by atoms with E-state index in [0.717, 1.165) is 12.1 Å². The topological polar surface area (TPSA) is 93.9 Å². The number of anilines is 1. The zero-order valence-electron chi connectivity index (χ0n) is 16.2. The van der Waals surface area contributed by atoms with Crippen LogP contribution in [0.1, 0.15) is 16.7 Å². The minimum Gasteiger partial charge on any atom is -0.467 e. The molecule has 166 valence electrons. The quantitative estimate of drug-likeness (QED) is 0.514. The fourth-order valence-electron chi connectivity index (χ4n) is 3.12. The monoisotopic (exact) mass is 459 g/mol. The van der Waals surface area contributed by atoms with E-state index in [0.29, 0.717) is 16.9 Å². The first-order valence-corrected chi connectivity index (χ1v) is 9.28. The minimum absolute atomic E-state index is 0.000116. The van der Waals surface area contributed by atoms with Crippen molar-refractivity contribution in [3.05, 3.63) is 62.2 Å². The van der Waals surface area contributed by atoms with Crippen molar-refractivity contribution < 1.29 is 32.4 Å². The summed E-state index contributed by atoms with van der Waals surface area (Å²) in [6, 6.07) is 5.79. The van der Waals surface area contributed by atoms with E-state index < -0.39 is 27.6 Å². The zero-order valence-corrected chi connectivity index (χ0v) is 16.9. The molecular weight excluding hydrogens is 443 g/mol. The largest absolute Gasteiger partial charge is 0.467 e. The van der Waals surface area contributed by atoms with Crippen molar-refractivity contribution in [2.45, 2.75) is 19.3 Å². The number of halogens is 4. The van der Waals surface area contributed by atoms with Crippen LogP contribution in [0, 0.1) is 10.1 Å². The van der Waals surface area contributed by atoms with Gasteiger partial charge in [-0.25, -0.2) is 0 Å². The normalized spacial score (nSPS) is 13.5. The van der Waals surface area contributed by atoms with Gasteiger partial charge < -0.3 is 14.8 Å². The lowest BCUT2D eigenvalue weighted by molar-refractivity contribution is -0.385. The number of hydrogen-bond acceptors (Lipinski definition) is 6. The van der Waals surface area contributed by atoms with Gasteiger partial charge in [-0.3, -0.25) is 19.8 Å². The highest BCUT2D eigenvalue weighted by molar-refractivity contribution is 6.31. The Morgan fingerprint density at radius 2 is 2.06 bits per heavy atom. The van der Waals surface area contributed by atoms with Gasteiger partial charge in [-0.05, 0) is 25.2 Å². The third kappa shape index (κ3) is 5.63. The molecular formula is C19H17ClF3N3O5. The first kappa shape index (κ1) is 22.8. The number of nitro groups is 1. The number of non-ortho nitro benzene ring substituents is 1. The van der Waals surface area contributed by atoms with Crippen LogP contribution in [0.5, 0.6) is 5.75 Å². The lowest BCUT2D eigenvalue weighted by Crippen LogP contribution is -2.30. The average Bonchev–Trinajstić information content (AvgIpc) is 2.68. The summed E-state index contributed by atoms with van der Waals surface area (Å²) in [7, 11) is 1.59. The van der Waals surface area contributed by atoms with Gasteiger partial charge in [0, 0.05) is 35.5 Å². The molecule has 31 heavy (non-hydrogen) atoms. The van der Waals surface area contributed by atoms with E-state index in [1.54, 1.807) is 11.9 Å². The Hall–Kier alpha value is -2.89. The maximum absolute atomic E-state index is 13.0. The summed E-state index contributed by atoms with van der Waals surface area (Å²) < 4.78 is 49.5. The lowest BCUT2D eigenvalue weighted by atomic mass is 10.1. The van der Waals surface area contributed by atoms with Gasteiger partial charge in [-0.1, -0.05) is 11.6 Å². The van der Waals surface area contributed by atoms with Gasteiger partial charge in [0.2, 0.25) is 5.91 Å². The minimum atomic E-state index is -4.65. The number of nitrogens with one attached hydrogen (secondary N) is 1. The molecule has 3 rings (SSSR count). The molecule has 0 radical (unpaired) electrons. The molecule has 8 nitrogen and oxygen atoms in total. The highest BCUT2D eigenvalue weighted by Gasteiger charge is 2.33. The van der Waals surface area contributed by atoms with Crippen LogP contribution in [0.3, 0.4) is 0 Å². The number of nitro benzene ring substituents is 1. The van der Waals surface area contributed by atoms with E-state index in [4.69, 9.17) is 21.1 Å². The van der Waals surface area contributed by atoms with Crippen LogP contribution < -0.4 is 10.1 Å². The SMILES string of the molecule is CN(CC(=O)Nc1ccc(Cl)c(C(F)(F)F)c1)Cc1cc([N+](=O)[O-])cc2c1OCOC2. The lowest BCUT2D eigenvalue weighted by Gasteiger charge is -2.23. The molecule has 1 heterocycles. The number of alkyl halides is 3.